The van der Waals surface area contributed by atoms with Crippen LogP contribution in [0.25, 0.3) is 39.3 Å². The predicted octanol–water partition coefficient (Wildman–Crippen LogP) is 9.01. The van der Waals surface area contributed by atoms with Gasteiger partial charge >= 0.3 is 0 Å². The highest BCUT2D eigenvalue weighted by molar-refractivity contribution is 5.90. The van der Waals surface area contributed by atoms with Crippen molar-refractivity contribution in [2.75, 3.05) is 4.90 Å². The van der Waals surface area contributed by atoms with Gasteiger partial charge in [-0.05, 0) is 58.7 Å². The SMILES string of the molecule is C1=C(N(c2ccccc2)c2ccc(-c3ccc(-c4ccccc4)cc3)cc2)NCc2oc3ccccc3c21. The molecule has 38 heavy (non-hydrogen) atoms. The lowest BCUT2D eigenvalue weighted by Crippen LogP contribution is -2.29. The van der Waals surface area contributed by atoms with E-state index in [1.165, 1.54) is 22.3 Å². The maximum atomic E-state index is 6.11. The Bertz CT molecular complexity index is 1730. The highest BCUT2D eigenvalue weighted by Gasteiger charge is 2.22. The molecule has 0 atom stereocenters. The summed E-state index contributed by atoms with van der Waals surface area (Å²) in [4.78, 5) is 2.27. The number of nitrogens with one attached hydrogen (secondary N) is 1. The number of hydrogen-bond acceptors (Lipinski definition) is 3. The smallest absolute Gasteiger partial charge is 0.135 e. The van der Waals surface area contributed by atoms with Gasteiger partial charge in [0.1, 0.15) is 17.2 Å². The third-order valence-electron chi connectivity index (χ3n) is 7.13. The predicted molar refractivity (Wildman–Crippen MR) is 157 cm³/mol. The second kappa shape index (κ2) is 9.45. The number of nitrogens with zero attached hydrogens (tertiary/aromatic N) is 1. The van der Waals surface area contributed by atoms with E-state index in [-0.39, 0.29) is 0 Å². The molecule has 2 heterocycles. The third kappa shape index (κ3) is 4.04. The molecule has 7 rings (SSSR count). The van der Waals surface area contributed by atoms with Crippen LogP contribution in [0.3, 0.4) is 0 Å². The van der Waals surface area contributed by atoms with Crippen LogP contribution in [0.5, 0.6) is 0 Å². The van der Waals surface area contributed by atoms with E-state index in [1.807, 2.05) is 24.3 Å². The number of fused-ring (bicyclic) bond motifs is 3. The van der Waals surface area contributed by atoms with Crippen molar-refractivity contribution in [3.63, 3.8) is 0 Å². The zero-order valence-corrected chi connectivity index (χ0v) is 20.8. The number of anilines is 2. The quantitative estimate of drug-likeness (QED) is 0.261. The Morgan fingerprint density at radius 1 is 0.526 bits per heavy atom. The average molecular weight is 491 g/mol. The van der Waals surface area contributed by atoms with E-state index < -0.39 is 0 Å². The summed E-state index contributed by atoms with van der Waals surface area (Å²) < 4.78 is 6.11. The summed E-state index contributed by atoms with van der Waals surface area (Å²) >= 11 is 0. The van der Waals surface area contributed by atoms with Crippen LogP contribution in [0.1, 0.15) is 11.3 Å². The molecule has 0 spiro atoms. The molecule has 1 N–H and O–H groups in total. The van der Waals surface area contributed by atoms with E-state index in [9.17, 15) is 0 Å². The van der Waals surface area contributed by atoms with Crippen molar-refractivity contribution < 1.29 is 4.42 Å². The zero-order chi connectivity index (χ0) is 25.3. The highest BCUT2D eigenvalue weighted by atomic mass is 16.3. The second-order valence-corrected chi connectivity index (χ2v) is 9.48. The van der Waals surface area contributed by atoms with Crippen LogP contribution in [0.2, 0.25) is 0 Å². The molecule has 0 unspecified atom stereocenters. The lowest BCUT2D eigenvalue weighted by atomic mass is 10.00. The number of benzene rings is 5. The highest BCUT2D eigenvalue weighted by Crippen LogP contribution is 2.36. The van der Waals surface area contributed by atoms with Crippen molar-refractivity contribution in [1.82, 2.24) is 5.32 Å². The normalized spacial score (nSPS) is 12.5. The van der Waals surface area contributed by atoms with Crippen molar-refractivity contribution in [3.05, 3.63) is 151 Å². The fourth-order valence-electron chi connectivity index (χ4n) is 5.20. The van der Waals surface area contributed by atoms with Gasteiger partial charge in [0.15, 0.2) is 0 Å². The van der Waals surface area contributed by atoms with E-state index in [1.54, 1.807) is 0 Å². The van der Waals surface area contributed by atoms with Gasteiger partial charge in [-0.2, -0.15) is 0 Å². The van der Waals surface area contributed by atoms with E-state index in [2.05, 4.69) is 125 Å². The lowest BCUT2D eigenvalue weighted by Gasteiger charge is -2.30. The molecule has 3 nitrogen and oxygen atoms in total. The molecular weight excluding hydrogens is 464 g/mol. The van der Waals surface area contributed by atoms with Gasteiger partial charge in [-0.15, -0.1) is 0 Å². The maximum absolute atomic E-state index is 6.11. The fourth-order valence-corrected chi connectivity index (χ4v) is 5.20. The van der Waals surface area contributed by atoms with Crippen LogP contribution in [0, 0.1) is 0 Å². The Morgan fingerprint density at radius 2 is 1.05 bits per heavy atom. The van der Waals surface area contributed by atoms with Crippen molar-refractivity contribution in [1.29, 1.82) is 0 Å². The zero-order valence-electron chi connectivity index (χ0n) is 20.8. The Labute approximate surface area is 222 Å². The molecule has 6 aromatic rings. The van der Waals surface area contributed by atoms with Gasteiger partial charge in [-0.1, -0.05) is 103 Å². The Hall–Kier alpha value is -5.02. The summed E-state index contributed by atoms with van der Waals surface area (Å²) in [6, 6.07) is 46.8. The Balaban J connectivity index is 1.24. The number of hydrogen-bond donors (Lipinski definition) is 1. The average Bonchev–Trinajstić information content (AvgIpc) is 3.37. The van der Waals surface area contributed by atoms with Crippen LogP contribution in [-0.2, 0) is 6.54 Å². The van der Waals surface area contributed by atoms with Gasteiger partial charge in [-0.3, -0.25) is 4.90 Å². The van der Waals surface area contributed by atoms with Crippen molar-refractivity contribution in [2.45, 2.75) is 6.54 Å². The van der Waals surface area contributed by atoms with Gasteiger partial charge in [0, 0.05) is 22.3 Å². The number of furan rings is 1. The number of para-hydroxylation sites is 2. The first-order valence-electron chi connectivity index (χ1n) is 12.9. The molecule has 3 heteroatoms. The van der Waals surface area contributed by atoms with Crippen molar-refractivity contribution in [3.8, 4) is 22.3 Å². The van der Waals surface area contributed by atoms with Gasteiger partial charge < -0.3 is 9.73 Å². The fraction of sp³-hybridized carbons (Fsp3) is 0.0286. The topological polar surface area (TPSA) is 28.4 Å². The molecule has 0 amide bonds. The summed E-state index contributed by atoms with van der Waals surface area (Å²) in [5.41, 5.74) is 9.11. The molecule has 1 aliphatic rings. The van der Waals surface area contributed by atoms with Crippen LogP contribution in [-0.4, -0.2) is 0 Å². The van der Waals surface area contributed by atoms with E-state index in [0.717, 1.165) is 39.5 Å². The molecule has 5 aromatic carbocycles. The molecule has 1 aliphatic heterocycles. The van der Waals surface area contributed by atoms with E-state index in [4.69, 9.17) is 4.42 Å². The first-order valence-corrected chi connectivity index (χ1v) is 12.9. The minimum Gasteiger partial charge on any atom is -0.459 e. The van der Waals surface area contributed by atoms with Crippen LogP contribution >= 0.6 is 0 Å². The summed E-state index contributed by atoms with van der Waals surface area (Å²) in [6.07, 6.45) is 2.20. The Morgan fingerprint density at radius 3 is 1.74 bits per heavy atom. The minimum atomic E-state index is 0.644. The molecule has 0 bridgehead atoms. The minimum absolute atomic E-state index is 0.644. The summed E-state index contributed by atoms with van der Waals surface area (Å²) in [6.45, 7) is 0.644. The molecule has 0 saturated carbocycles. The standard InChI is InChI=1S/C35H26N2O/c1-3-9-25(10-4-1)26-15-17-27(18-16-26)28-19-21-30(22-20-28)37(29-11-5-2-6-12-29)35-23-32-31-13-7-8-14-33(31)38-34(32)24-36-35/h1-23,36H,24H2. The second-order valence-electron chi connectivity index (χ2n) is 9.48. The molecular formula is C35H26N2O. The lowest BCUT2D eigenvalue weighted by molar-refractivity contribution is 0.525. The molecule has 0 radical (unpaired) electrons. The summed E-state index contributed by atoms with van der Waals surface area (Å²) in [5, 5.41) is 4.74. The first kappa shape index (κ1) is 22.2. The molecule has 0 aliphatic carbocycles. The summed E-state index contributed by atoms with van der Waals surface area (Å²) in [5.74, 6) is 1.99. The first-order chi connectivity index (χ1) is 18.8. The third-order valence-corrected chi connectivity index (χ3v) is 7.13. The van der Waals surface area contributed by atoms with Crippen LogP contribution < -0.4 is 10.2 Å². The maximum Gasteiger partial charge on any atom is 0.135 e. The van der Waals surface area contributed by atoms with Gasteiger partial charge in [0.25, 0.3) is 0 Å². The molecule has 0 saturated heterocycles. The van der Waals surface area contributed by atoms with E-state index >= 15 is 0 Å². The van der Waals surface area contributed by atoms with Gasteiger partial charge in [-0.25, -0.2) is 0 Å². The van der Waals surface area contributed by atoms with Gasteiger partial charge in [0.2, 0.25) is 0 Å². The van der Waals surface area contributed by atoms with Crippen molar-refractivity contribution in [2.24, 2.45) is 0 Å². The number of rotatable bonds is 5. The molecule has 1 aromatic heterocycles. The largest absolute Gasteiger partial charge is 0.459 e. The van der Waals surface area contributed by atoms with E-state index in [0.29, 0.717) is 6.54 Å². The van der Waals surface area contributed by atoms with Crippen LogP contribution in [0.15, 0.2) is 144 Å². The Kier molecular flexibility index (Phi) is 5.52. The monoisotopic (exact) mass is 490 g/mol. The van der Waals surface area contributed by atoms with Crippen molar-refractivity contribution >= 4 is 28.4 Å². The molecule has 0 fully saturated rings. The van der Waals surface area contributed by atoms with Gasteiger partial charge in [0.05, 0.1) is 6.54 Å². The molecule has 182 valence electrons. The summed E-state index contributed by atoms with van der Waals surface area (Å²) in [7, 11) is 0. The van der Waals surface area contributed by atoms with Crippen LogP contribution in [0.4, 0.5) is 11.4 Å².